The van der Waals surface area contributed by atoms with Gasteiger partial charge >= 0.3 is 0 Å². The predicted octanol–water partition coefficient (Wildman–Crippen LogP) is 1.42. The van der Waals surface area contributed by atoms with Crippen LogP contribution in [0.2, 0.25) is 0 Å². The fourth-order valence-electron chi connectivity index (χ4n) is 3.83. The Kier molecular flexibility index (Phi) is 3.19. The largest absolute Gasteiger partial charge is 0.381 e. The first-order valence-corrected chi connectivity index (χ1v) is 7.92. The third kappa shape index (κ3) is 2.23. The van der Waals surface area contributed by atoms with Crippen molar-refractivity contribution >= 4 is 5.69 Å². The Morgan fingerprint density at radius 3 is 2.70 bits per heavy atom. The highest BCUT2D eigenvalue weighted by Gasteiger charge is 2.44. The maximum absolute atomic E-state index is 5.48. The SMILES string of the molecule is c1nn(C2CCNCC2)cc1N1CC2(CCOCC2)C1. The van der Waals surface area contributed by atoms with Gasteiger partial charge in [0.25, 0.3) is 0 Å². The third-order valence-corrected chi connectivity index (χ3v) is 5.24. The summed E-state index contributed by atoms with van der Waals surface area (Å²) >= 11 is 0. The van der Waals surface area contributed by atoms with Gasteiger partial charge in [0.05, 0.1) is 17.9 Å². The Bertz CT molecular complexity index is 452. The lowest BCUT2D eigenvalue weighted by molar-refractivity contribution is -0.000198. The molecule has 5 heteroatoms. The molecule has 1 N–H and O–H groups in total. The lowest BCUT2D eigenvalue weighted by Gasteiger charge is -2.52. The quantitative estimate of drug-likeness (QED) is 0.887. The van der Waals surface area contributed by atoms with Crippen LogP contribution in [0.15, 0.2) is 12.4 Å². The number of anilines is 1. The minimum absolute atomic E-state index is 0.537. The highest BCUT2D eigenvalue weighted by Crippen LogP contribution is 2.42. The fraction of sp³-hybridized carbons (Fsp3) is 0.800. The van der Waals surface area contributed by atoms with Crippen LogP contribution >= 0.6 is 0 Å². The van der Waals surface area contributed by atoms with Gasteiger partial charge in [-0.15, -0.1) is 0 Å². The molecule has 3 aliphatic heterocycles. The van der Waals surface area contributed by atoms with Crippen molar-refractivity contribution in [2.45, 2.75) is 31.7 Å². The zero-order valence-electron chi connectivity index (χ0n) is 12.1. The van der Waals surface area contributed by atoms with Crippen LogP contribution < -0.4 is 10.2 Å². The van der Waals surface area contributed by atoms with Gasteiger partial charge in [-0.3, -0.25) is 4.68 Å². The van der Waals surface area contributed by atoms with Crippen molar-refractivity contribution in [2.75, 3.05) is 44.3 Å². The highest BCUT2D eigenvalue weighted by molar-refractivity contribution is 5.46. The average Bonchev–Trinajstić information content (AvgIpc) is 2.96. The zero-order valence-corrected chi connectivity index (χ0v) is 12.1. The summed E-state index contributed by atoms with van der Waals surface area (Å²) in [4.78, 5) is 2.48. The summed E-state index contributed by atoms with van der Waals surface area (Å²) in [6.07, 6.45) is 9.15. The number of hydrogen-bond donors (Lipinski definition) is 1. The van der Waals surface area contributed by atoms with Gasteiger partial charge in [0.2, 0.25) is 0 Å². The Morgan fingerprint density at radius 1 is 1.20 bits per heavy atom. The maximum atomic E-state index is 5.48. The van der Waals surface area contributed by atoms with Gasteiger partial charge in [-0.05, 0) is 38.8 Å². The van der Waals surface area contributed by atoms with E-state index in [-0.39, 0.29) is 0 Å². The number of hydrogen-bond acceptors (Lipinski definition) is 4. The van der Waals surface area contributed by atoms with Gasteiger partial charge in [0.15, 0.2) is 0 Å². The van der Waals surface area contributed by atoms with E-state index in [0.29, 0.717) is 11.5 Å². The summed E-state index contributed by atoms with van der Waals surface area (Å²) in [5.74, 6) is 0. The second kappa shape index (κ2) is 5.04. The summed E-state index contributed by atoms with van der Waals surface area (Å²) in [6, 6.07) is 0.586. The minimum Gasteiger partial charge on any atom is -0.381 e. The van der Waals surface area contributed by atoms with Crippen molar-refractivity contribution in [3.8, 4) is 0 Å². The van der Waals surface area contributed by atoms with E-state index in [2.05, 4.69) is 26.2 Å². The summed E-state index contributed by atoms with van der Waals surface area (Å²) in [5.41, 5.74) is 1.84. The Balaban J connectivity index is 1.39. The van der Waals surface area contributed by atoms with E-state index in [1.54, 1.807) is 0 Å². The number of nitrogens with zero attached hydrogens (tertiary/aromatic N) is 3. The van der Waals surface area contributed by atoms with Gasteiger partial charge in [0.1, 0.15) is 0 Å². The first kappa shape index (κ1) is 12.7. The van der Waals surface area contributed by atoms with Crippen molar-refractivity contribution in [1.82, 2.24) is 15.1 Å². The third-order valence-electron chi connectivity index (χ3n) is 5.24. The van der Waals surface area contributed by atoms with Crippen molar-refractivity contribution in [3.05, 3.63) is 12.4 Å². The molecule has 4 rings (SSSR count). The van der Waals surface area contributed by atoms with Crippen LogP contribution in [0.5, 0.6) is 0 Å². The number of rotatable bonds is 2. The number of piperidine rings is 1. The molecule has 1 spiro atoms. The van der Waals surface area contributed by atoms with Crippen molar-refractivity contribution < 1.29 is 4.74 Å². The lowest BCUT2D eigenvalue weighted by atomic mass is 9.73. The monoisotopic (exact) mass is 276 g/mol. The van der Waals surface area contributed by atoms with E-state index >= 15 is 0 Å². The summed E-state index contributed by atoms with van der Waals surface area (Å²) in [5, 5.41) is 8.01. The molecule has 3 fully saturated rings. The van der Waals surface area contributed by atoms with Crippen LogP contribution in [-0.2, 0) is 4.74 Å². The van der Waals surface area contributed by atoms with Crippen molar-refractivity contribution in [1.29, 1.82) is 0 Å². The Labute approximate surface area is 120 Å². The van der Waals surface area contributed by atoms with E-state index in [1.807, 2.05) is 6.20 Å². The molecular formula is C15H24N4O. The van der Waals surface area contributed by atoms with E-state index < -0.39 is 0 Å². The van der Waals surface area contributed by atoms with E-state index in [4.69, 9.17) is 4.74 Å². The average molecular weight is 276 g/mol. The van der Waals surface area contributed by atoms with Gasteiger partial charge in [-0.2, -0.15) is 5.10 Å². The summed E-state index contributed by atoms with van der Waals surface area (Å²) in [7, 11) is 0. The first-order chi connectivity index (χ1) is 9.85. The van der Waals surface area contributed by atoms with Gasteiger partial charge in [0, 0.05) is 37.9 Å². The molecule has 0 unspecified atom stereocenters. The van der Waals surface area contributed by atoms with Crippen molar-refractivity contribution in [2.24, 2.45) is 5.41 Å². The van der Waals surface area contributed by atoms with Crippen LogP contribution in [-0.4, -0.2) is 49.2 Å². The van der Waals surface area contributed by atoms with Crippen LogP contribution in [0.25, 0.3) is 0 Å². The minimum atomic E-state index is 0.537. The topological polar surface area (TPSA) is 42.3 Å². The molecule has 5 nitrogen and oxygen atoms in total. The molecule has 3 aliphatic rings. The smallest absolute Gasteiger partial charge is 0.0753 e. The Morgan fingerprint density at radius 2 is 1.95 bits per heavy atom. The first-order valence-electron chi connectivity index (χ1n) is 7.92. The predicted molar refractivity (Wildman–Crippen MR) is 78.1 cm³/mol. The molecular weight excluding hydrogens is 252 g/mol. The molecule has 0 saturated carbocycles. The van der Waals surface area contributed by atoms with E-state index in [9.17, 15) is 0 Å². The number of aromatic nitrogens is 2. The molecule has 0 aromatic carbocycles. The van der Waals surface area contributed by atoms with Crippen LogP contribution in [0, 0.1) is 5.41 Å². The van der Waals surface area contributed by atoms with Gasteiger partial charge in [-0.25, -0.2) is 0 Å². The molecule has 110 valence electrons. The number of ether oxygens (including phenoxy) is 1. The highest BCUT2D eigenvalue weighted by atomic mass is 16.5. The van der Waals surface area contributed by atoms with E-state index in [0.717, 1.165) is 26.3 Å². The van der Waals surface area contributed by atoms with Crippen LogP contribution in [0.4, 0.5) is 5.69 Å². The molecule has 1 aromatic rings. The fourth-order valence-corrected chi connectivity index (χ4v) is 3.83. The summed E-state index contributed by atoms with van der Waals surface area (Å²) < 4.78 is 7.67. The standard InChI is InChI=1S/C15H24N4O/c1-5-16-6-2-13(1)19-10-14(9-17-19)18-11-15(12-18)3-7-20-8-4-15/h9-10,13,16H,1-8,11-12H2. The van der Waals surface area contributed by atoms with Gasteiger partial charge in [-0.1, -0.05) is 0 Å². The number of nitrogens with one attached hydrogen (secondary N) is 1. The molecule has 1 aromatic heterocycles. The van der Waals surface area contributed by atoms with Crippen molar-refractivity contribution in [3.63, 3.8) is 0 Å². The molecule has 3 saturated heterocycles. The maximum Gasteiger partial charge on any atom is 0.0753 e. The molecule has 0 amide bonds. The van der Waals surface area contributed by atoms with Crippen LogP contribution in [0.3, 0.4) is 0 Å². The van der Waals surface area contributed by atoms with Gasteiger partial charge < -0.3 is 15.0 Å². The van der Waals surface area contributed by atoms with Crippen LogP contribution in [0.1, 0.15) is 31.7 Å². The molecule has 0 radical (unpaired) electrons. The summed E-state index contributed by atoms with van der Waals surface area (Å²) in [6.45, 7) is 6.51. The molecule has 0 bridgehead atoms. The molecule has 0 atom stereocenters. The van der Waals surface area contributed by atoms with E-state index in [1.165, 1.54) is 44.5 Å². The molecule has 0 aliphatic carbocycles. The molecule has 20 heavy (non-hydrogen) atoms. The lowest BCUT2D eigenvalue weighted by Crippen LogP contribution is -2.58. The normalized spacial score (nSPS) is 26.7. The Hall–Kier alpha value is -1.07. The zero-order chi connectivity index (χ0) is 13.4. The molecule has 4 heterocycles. The second-order valence-corrected chi connectivity index (χ2v) is 6.63. The second-order valence-electron chi connectivity index (χ2n) is 6.63.